The molecule has 0 amide bonds. The number of hydrogen-bond donors (Lipinski definition) is 0. The average molecular weight is 409 g/mol. The van der Waals surface area contributed by atoms with Gasteiger partial charge in [-0.1, -0.05) is 88.7 Å². The van der Waals surface area contributed by atoms with Crippen molar-refractivity contribution >= 4 is 35.5 Å². The predicted molar refractivity (Wildman–Crippen MR) is 111 cm³/mol. The quantitative estimate of drug-likeness (QED) is 0.321. The lowest BCUT2D eigenvalue weighted by atomic mass is 10.1. The van der Waals surface area contributed by atoms with Crippen LogP contribution in [0.2, 0.25) is 0 Å². The molecule has 4 rings (SSSR count). The lowest BCUT2D eigenvalue weighted by Crippen LogP contribution is -1.77. The Labute approximate surface area is 156 Å². The second kappa shape index (κ2) is 7.03. The van der Waals surface area contributed by atoms with Crippen molar-refractivity contribution in [2.24, 2.45) is 0 Å². The molecule has 0 unspecified atom stereocenters. The first-order valence-corrected chi connectivity index (χ1v) is 10.2. The maximum Gasteiger partial charge on any atom is 0.0626 e. The Bertz CT molecular complexity index is 944. The van der Waals surface area contributed by atoms with Crippen molar-refractivity contribution in [3.8, 4) is 31.5 Å². The van der Waals surface area contributed by atoms with E-state index in [2.05, 4.69) is 101 Å². The van der Waals surface area contributed by atoms with Crippen molar-refractivity contribution in [3.05, 3.63) is 89.4 Å². The van der Waals surface area contributed by atoms with Gasteiger partial charge in [0.25, 0.3) is 0 Å². The van der Waals surface area contributed by atoms with Gasteiger partial charge in [0.05, 0.1) is 4.61 Å². The molecule has 0 nitrogen and oxygen atoms in total. The van der Waals surface area contributed by atoms with Crippen LogP contribution in [-0.4, -0.2) is 0 Å². The SMILES string of the molecule is Brc1ccc(-c2sc(-c3ccccc3)pc2-c2ccccc2)cc1. The van der Waals surface area contributed by atoms with Crippen molar-refractivity contribution in [1.29, 1.82) is 0 Å². The van der Waals surface area contributed by atoms with E-state index in [1.165, 1.54) is 39.7 Å². The first-order valence-electron chi connectivity index (χ1n) is 7.69. The minimum atomic E-state index is 1.11. The van der Waals surface area contributed by atoms with E-state index in [1.807, 2.05) is 11.3 Å². The van der Waals surface area contributed by atoms with Crippen LogP contribution in [0, 0.1) is 0 Å². The second-order valence-corrected chi connectivity index (χ2v) is 8.79. The van der Waals surface area contributed by atoms with Crippen molar-refractivity contribution in [2.45, 2.75) is 0 Å². The molecule has 0 fully saturated rings. The molecular formula is C21H14BrPS. The van der Waals surface area contributed by atoms with Gasteiger partial charge in [-0.2, -0.15) is 0 Å². The topological polar surface area (TPSA) is 0 Å². The van der Waals surface area contributed by atoms with Crippen molar-refractivity contribution in [3.63, 3.8) is 0 Å². The lowest BCUT2D eigenvalue weighted by Gasteiger charge is -2.03. The van der Waals surface area contributed by atoms with Gasteiger partial charge >= 0.3 is 0 Å². The van der Waals surface area contributed by atoms with Crippen LogP contribution in [0.3, 0.4) is 0 Å². The molecule has 0 saturated heterocycles. The predicted octanol–water partition coefficient (Wildman–Crippen LogP) is 8.09. The molecular weight excluding hydrogens is 395 g/mol. The van der Waals surface area contributed by atoms with Crippen LogP contribution >= 0.6 is 35.5 Å². The largest absolute Gasteiger partial charge is 0.129 e. The summed E-state index contributed by atoms with van der Waals surface area (Å²) in [7, 11) is 1.28. The zero-order valence-corrected chi connectivity index (χ0v) is 16.1. The van der Waals surface area contributed by atoms with Gasteiger partial charge in [-0.05, 0) is 37.0 Å². The third kappa shape index (κ3) is 3.23. The Morgan fingerprint density at radius 1 is 0.625 bits per heavy atom. The molecule has 0 radical (unpaired) electrons. The maximum absolute atomic E-state index is 3.53. The minimum Gasteiger partial charge on any atom is -0.129 e. The number of hydrogen-bond acceptors (Lipinski definition) is 1. The van der Waals surface area contributed by atoms with E-state index in [0.717, 1.165) is 4.47 Å². The maximum atomic E-state index is 3.53. The van der Waals surface area contributed by atoms with Gasteiger partial charge in [0.15, 0.2) is 0 Å². The van der Waals surface area contributed by atoms with Crippen LogP contribution in [-0.2, 0) is 0 Å². The summed E-state index contributed by atoms with van der Waals surface area (Å²) in [6.45, 7) is 0. The normalized spacial score (nSPS) is 11.0. The van der Waals surface area contributed by atoms with Gasteiger partial charge in [-0.25, -0.2) is 0 Å². The molecule has 1 aromatic heterocycles. The van der Waals surface area contributed by atoms with Crippen LogP contribution < -0.4 is 0 Å². The smallest absolute Gasteiger partial charge is 0.0626 e. The average Bonchev–Trinajstić information content (AvgIpc) is 3.09. The summed E-state index contributed by atoms with van der Waals surface area (Å²) in [5.74, 6) is 0. The molecule has 1 heterocycles. The van der Waals surface area contributed by atoms with Gasteiger partial charge in [0.1, 0.15) is 0 Å². The Hall–Kier alpha value is -1.73. The van der Waals surface area contributed by atoms with E-state index in [0.29, 0.717) is 0 Å². The van der Waals surface area contributed by atoms with Gasteiger partial charge in [-0.15, -0.1) is 11.3 Å². The Morgan fingerprint density at radius 2 is 1.21 bits per heavy atom. The van der Waals surface area contributed by atoms with E-state index >= 15 is 0 Å². The highest BCUT2D eigenvalue weighted by molar-refractivity contribution is 9.10. The fraction of sp³-hybridized carbons (Fsp3) is 0. The Kier molecular flexibility index (Phi) is 4.62. The zero-order valence-electron chi connectivity index (χ0n) is 12.8. The fourth-order valence-electron chi connectivity index (χ4n) is 2.61. The van der Waals surface area contributed by atoms with E-state index < -0.39 is 0 Å². The summed E-state index contributed by atoms with van der Waals surface area (Å²) in [4.78, 5) is 1.36. The monoisotopic (exact) mass is 408 g/mol. The molecule has 0 atom stereocenters. The first kappa shape index (κ1) is 15.8. The molecule has 24 heavy (non-hydrogen) atoms. The molecule has 0 aliphatic carbocycles. The highest BCUT2D eigenvalue weighted by Crippen LogP contribution is 2.50. The molecule has 0 aliphatic heterocycles. The first-order chi connectivity index (χ1) is 11.8. The van der Waals surface area contributed by atoms with Crippen LogP contribution in [0.15, 0.2) is 89.4 Å². The van der Waals surface area contributed by atoms with Crippen molar-refractivity contribution in [2.75, 3.05) is 0 Å². The molecule has 4 aromatic rings. The van der Waals surface area contributed by atoms with Crippen LogP contribution in [0.25, 0.3) is 31.5 Å². The molecule has 116 valence electrons. The van der Waals surface area contributed by atoms with Gasteiger partial charge in [0, 0.05) is 14.6 Å². The second-order valence-electron chi connectivity index (χ2n) is 5.44. The van der Waals surface area contributed by atoms with Crippen LogP contribution in [0.5, 0.6) is 0 Å². The third-order valence-corrected chi connectivity index (χ3v) is 7.27. The van der Waals surface area contributed by atoms with Crippen molar-refractivity contribution in [1.82, 2.24) is 0 Å². The minimum absolute atomic E-state index is 1.11. The molecule has 3 aromatic carbocycles. The van der Waals surface area contributed by atoms with Gasteiger partial charge < -0.3 is 0 Å². The highest BCUT2D eigenvalue weighted by Gasteiger charge is 2.14. The zero-order chi connectivity index (χ0) is 16.4. The van der Waals surface area contributed by atoms with E-state index in [4.69, 9.17) is 0 Å². The number of benzene rings is 3. The fourth-order valence-corrected chi connectivity index (χ4v) is 5.79. The summed E-state index contributed by atoms with van der Waals surface area (Å²) < 4.78 is 2.51. The molecule has 0 bridgehead atoms. The third-order valence-electron chi connectivity index (χ3n) is 3.80. The molecule has 0 saturated carbocycles. The molecule has 0 N–H and O–H groups in total. The lowest BCUT2D eigenvalue weighted by molar-refractivity contribution is 1.64. The van der Waals surface area contributed by atoms with E-state index in [-0.39, 0.29) is 0 Å². The summed E-state index contributed by atoms with van der Waals surface area (Å²) >= 11 is 5.43. The standard InChI is InChI=1S/C21H14BrPS/c22-18-13-11-16(12-14-18)20-19(15-7-3-1-4-8-15)23-21(24-20)17-9-5-2-6-10-17/h1-14H. The van der Waals surface area contributed by atoms with E-state index in [1.54, 1.807) is 0 Å². The Balaban J connectivity index is 1.90. The van der Waals surface area contributed by atoms with Gasteiger partial charge in [0.2, 0.25) is 0 Å². The van der Waals surface area contributed by atoms with Crippen LogP contribution in [0.1, 0.15) is 0 Å². The summed E-state index contributed by atoms with van der Waals surface area (Å²) in [5, 5.41) is 1.39. The highest BCUT2D eigenvalue weighted by atomic mass is 79.9. The summed E-state index contributed by atoms with van der Waals surface area (Å²) in [6.07, 6.45) is 0. The van der Waals surface area contributed by atoms with Gasteiger partial charge in [-0.3, -0.25) is 0 Å². The van der Waals surface area contributed by atoms with E-state index in [9.17, 15) is 0 Å². The molecule has 3 heteroatoms. The molecule has 0 aliphatic rings. The summed E-state index contributed by atoms with van der Waals surface area (Å²) in [6, 6.07) is 30.0. The summed E-state index contributed by atoms with van der Waals surface area (Å²) in [5.41, 5.74) is 3.89. The molecule has 0 spiro atoms. The van der Waals surface area contributed by atoms with Crippen LogP contribution in [0.4, 0.5) is 0 Å². The Morgan fingerprint density at radius 3 is 1.83 bits per heavy atom. The van der Waals surface area contributed by atoms with Crippen molar-refractivity contribution < 1.29 is 0 Å². The number of rotatable bonds is 3. The number of halogens is 1.